The third-order valence-corrected chi connectivity index (χ3v) is 4.29. The molecule has 2 aromatic carbocycles. The standard InChI is InChI=1S/C21H24N4/c1-4-17-12-8-9-15(2)20(17)24-19-13-14-22-21(25-19)23-16(3)18-10-6-5-7-11-18/h5-14,16H,4H2,1-3H3,(H2,22,23,24,25). The predicted molar refractivity (Wildman–Crippen MR) is 104 cm³/mol. The molecule has 0 amide bonds. The van der Waals surface area contributed by atoms with E-state index in [1.54, 1.807) is 6.20 Å². The molecule has 0 bridgehead atoms. The van der Waals surface area contributed by atoms with Crippen molar-refractivity contribution in [3.8, 4) is 0 Å². The van der Waals surface area contributed by atoms with Crippen LogP contribution in [0.4, 0.5) is 17.5 Å². The molecular weight excluding hydrogens is 308 g/mol. The summed E-state index contributed by atoms with van der Waals surface area (Å²) in [6.45, 7) is 6.38. The van der Waals surface area contributed by atoms with Crippen molar-refractivity contribution in [1.82, 2.24) is 9.97 Å². The lowest BCUT2D eigenvalue weighted by Gasteiger charge is -2.16. The van der Waals surface area contributed by atoms with Crippen LogP contribution in [0.5, 0.6) is 0 Å². The van der Waals surface area contributed by atoms with Crippen molar-refractivity contribution in [2.45, 2.75) is 33.2 Å². The van der Waals surface area contributed by atoms with Crippen molar-refractivity contribution in [3.63, 3.8) is 0 Å². The SMILES string of the molecule is CCc1cccc(C)c1Nc1ccnc(NC(C)c2ccccc2)n1. The quantitative estimate of drug-likeness (QED) is 0.646. The monoisotopic (exact) mass is 332 g/mol. The highest BCUT2D eigenvalue weighted by Gasteiger charge is 2.09. The van der Waals surface area contributed by atoms with Crippen LogP contribution in [0.3, 0.4) is 0 Å². The van der Waals surface area contributed by atoms with Crippen LogP contribution in [-0.4, -0.2) is 9.97 Å². The van der Waals surface area contributed by atoms with Gasteiger partial charge in [0.2, 0.25) is 5.95 Å². The van der Waals surface area contributed by atoms with Crippen LogP contribution in [0, 0.1) is 6.92 Å². The van der Waals surface area contributed by atoms with Crippen molar-refractivity contribution < 1.29 is 0 Å². The highest BCUT2D eigenvalue weighted by atomic mass is 15.1. The first kappa shape index (κ1) is 17.0. The lowest BCUT2D eigenvalue weighted by molar-refractivity contribution is 0.861. The first-order valence-electron chi connectivity index (χ1n) is 8.67. The van der Waals surface area contributed by atoms with Gasteiger partial charge in [-0.2, -0.15) is 4.98 Å². The zero-order valence-electron chi connectivity index (χ0n) is 15.0. The van der Waals surface area contributed by atoms with Gasteiger partial charge in [-0.05, 0) is 43.0 Å². The Hall–Kier alpha value is -2.88. The Morgan fingerprint density at radius 2 is 1.80 bits per heavy atom. The molecule has 1 heterocycles. The van der Waals surface area contributed by atoms with Crippen LogP contribution < -0.4 is 10.6 Å². The van der Waals surface area contributed by atoms with Gasteiger partial charge in [0, 0.05) is 11.9 Å². The first-order chi connectivity index (χ1) is 12.2. The maximum Gasteiger partial charge on any atom is 0.225 e. The number of hydrogen-bond donors (Lipinski definition) is 2. The topological polar surface area (TPSA) is 49.8 Å². The van der Waals surface area contributed by atoms with E-state index in [9.17, 15) is 0 Å². The maximum absolute atomic E-state index is 4.62. The highest BCUT2D eigenvalue weighted by Crippen LogP contribution is 2.25. The number of para-hydroxylation sites is 1. The number of aryl methyl sites for hydroxylation is 2. The summed E-state index contributed by atoms with van der Waals surface area (Å²) in [4.78, 5) is 8.97. The minimum atomic E-state index is 0.140. The van der Waals surface area contributed by atoms with Gasteiger partial charge in [0.1, 0.15) is 5.82 Å². The zero-order chi connectivity index (χ0) is 17.6. The van der Waals surface area contributed by atoms with Gasteiger partial charge >= 0.3 is 0 Å². The fourth-order valence-corrected chi connectivity index (χ4v) is 2.85. The predicted octanol–water partition coefficient (Wildman–Crippen LogP) is 5.26. The van der Waals surface area contributed by atoms with E-state index in [4.69, 9.17) is 0 Å². The van der Waals surface area contributed by atoms with Crippen molar-refractivity contribution in [2.24, 2.45) is 0 Å². The van der Waals surface area contributed by atoms with Crippen molar-refractivity contribution in [1.29, 1.82) is 0 Å². The molecule has 1 atom stereocenters. The van der Waals surface area contributed by atoms with Crippen LogP contribution in [0.25, 0.3) is 0 Å². The molecular formula is C21H24N4. The van der Waals surface area contributed by atoms with Crippen molar-refractivity contribution in [2.75, 3.05) is 10.6 Å². The van der Waals surface area contributed by atoms with Gasteiger partial charge < -0.3 is 10.6 Å². The lowest BCUT2D eigenvalue weighted by Crippen LogP contribution is -2.10. The third kappa shape index (κ3) is 4.15. The molecule has 4 nitrogen and oxygen atoms in total. The third-order valence-electron chi connectivity index (χ3n) is 4.29. The number of benzene rings is 2. The van der Waals surface area contributed by atoms with Gasteiger partial charge in [-0.25, -0.2) is 4.98 Å². The van der Waals surface area contributed by atoms with Gasteiger partial charge in [0.05, 0.1) is 6.04 Å². The fraction of sp³-hybridized carbons (Fsp3) is 0.238. The number of nitrogens with one attached hydrogen (secondary N) is 2. The van der Waals surface area contributed by atoms with E-state index >= 15 is 0 Å². The fourth-order valence-electron chi connectivity index (χ4n) is 2.85. The van der Waals surface area contributed by atoms with E-state index in [0.29, 0.717) is 5.95 Å². The highest BCUT2D eigenvalue weighted by molar-refractivity contribution is 5.65. The molecule has 1 unspecified atom stereocenters. The summed E-state index contributed by atoms with van der Waals surface area (Å²) in [6.07, 6.45) is 2.75. The Kier molecular flexibility index (Phi) is 5.29. The van der Waals surface area contributed by atoms with Crippen molar-refractivity contribution >= 4 is 17.5 Å². The summed E-state index contributed by atoms with van der Waals surface area (Å²) >= 11 is 0. The Morgan fingerprint density at radius 1 is 1.00 bits per heavy atom. The molecule has 25 heavy (non-hydrogen) atoms. The Morgan fingerprint density at radius 3 is 2.56 bits per heavy atom. The first-order valence-corrected chi connectivity index (χ1v) is 8.67. The number of anilines is 3. The summed E-state index contributed by atoms with van der Waals surface area (Å²) in [7, 11) is 0. The molecule has 0 spiro atoms. The molecule has 1 aromatic heterocycles. The number of nitrogens with zero attached hydrogens (tertiary/aromatic N) is 2. The second-order valence-electron chi connectivity index (χ2n) is 6.13. The van der Waals surface area contributed by atoms with E-state index in [1.165, 1.54) is 16.7 Å². The molecule has 3 rings (SSSR count). The summed E-state index contributed by atoms with van der Waals surface area (Å²) in [5.74, 6) is 1.41. The number of hydrogen-bond acceptors (Lipinski definition) is 4. The number of aromatic nitrogens is 2. The lowest BCUT2D eigenvalue weighted by atomic mass is 10.1. The van der Waals surface area contributed by atoms with Crippen LogP contribution in [-0.2, 0) is 6.42 Å². The minimum Gasteiger partial charge on any atom is -0.348 e. The molecule has 3 aromatic rings. The molecule has 0 aliphatic heterocycles. The van der Waals surface area contributed by atoms with Gasteiger partial charge in [0.15, 0.2) is 0 Å². The molecule has 0 aliphatic rings. The minimum absolute atomic E-state index is 0.140. The van der Waals surface area contributed by atoms with Crippen LogP contribution in [0.15, 0.2) is 60.8 Å². The smallest absolute Gasteiger partial charge is 0.225 e. The van der Waals surface area contributed by atoms with Crippen LogP contribution in [0.1, 0.15) is 36.6 Å². The molecule has 0 fully saturated rings. The second kappa shape index (κ2) is 7.79. The van der Waals surface area contributed by atoms with Crippen LogP contribution >= 0.6 is 0 Å². The average Bonchev–Trinajstić information content (AvgIpc) is 2.64. The summed E-state index contributed by atoms with van der Waals surface area (Å²) in [5, 5.41) is 6.82. The summed E-state index contributed by atoms with van der Waals surface area (Å²) in [6, 6.07) is 18.7. The average molecular weight is 332 g/mol. The van der Waals surface area contributed by atoms with E-state index in [1.807, 2.05) is 24.3 Å². The Balaban J connectivity index is 1.78. The van der Waals surface area contributed by atoms with Crippen molar-refractivity contribution in [3.05, 3.63) is 77.5 Å². The van der Waals surface area contributed by atoms with Gasteiger partial charge in [-0.15, -0.1) is 0 Å². The molecule has 128 valence electrons. The van der Waals surface area contributed by atoms with Gasteiger partial charge in [-0.3, -0.25) is 0 Å². The largest absolute Gasteiger partial charge is 0.348 e. The van der Waals surface area contributed by atoms with E-state index in [-0.39, 0.29) is 6.04 Å². The molecule has 4 heteroatoms. The molecule has 0 saturated heterocycles. The molecule has 2 N–H and O–H groups in total. The van der Waals surface area contributed by atoms with Gasteiger partial charge in [0.25, 0.3) is 0 Å². The Bertz CT molecular complexity index is 830. The normalized spacial score (nSPS) is 11.8. The van der Waals surface area contributed by atoms with E-state index < -0.39 is 0 Å². The summed E-state index contributed by atoms with van der Waals surface area (Å²) in [5.41, 5.74) is 4.83. The second-order valence-corrected chi connectivity index (χ2v) is 6.13. The number of rotatable bonds is 6. The Labute approximate surface area is 149 Å². The summed E-state index contributed by atoms with van der Waals surface area (Å²) < 4.78 is 0. The van der Waals surface area contributed by atoms with Crippen LogP contribution in [0.2, 0.25) is 0 Å². The molecule has 0 saturated carbocycles. The molecule has 0 radical (unpaired) electrons. The van der Waals surface area contributed by atoms with Gasteiger partial charge in [-0.1, -0.05) is 55.5 Å². The molecule has 0 aliphatic carbocycles. The zero-order valence-corrected chi connectivity index (χ0v) is 15.0. The van der Waals surface area contributed by atoms with E-state index in [0.717, 1.165) is 17.9 Å². The van der Waals surface area contributed by atoms with E-state index in [2.05, 4.69) is 71.7 Å². The maximum atomic E-state index is 4.62.